The van der Waals surface area contributed by atoms with E-state index >= 15 is 0 Å². The minimum atomic E-state index is -4.61. The van der Waals surface area contributed by atoms with Gasteiger partial charge in [-0.05, 0) is 0 Å². The summed E-state index contributed by atoms with van der Waals surface area (Å²) in [6.07, 6.45) is 0. The van der Waals surface area contributed by atoms with Gasteiger partial charge in [-0.1, -0.05) is 0 Å². The zero-order valence-electron chi connectivity index (χ0n) is 4.84. The van der Waals surface area contributed by atoms with Crippen LogP contribution in [0.4, 0.5) is 0 Å². The van der Waals surface area contributed by atoms with Crippen LogP contribution < -0.4 is 0 Å². The van der Waals surface area contributed by atoms with Gasteiger partial charge in [0, 0.05) is 36.9 Å². The van der Waals surface area contributed by atoms with Gasteiger partial charge in [-0.25, -0.2) is 0 Å². The van der Waals surface area contributed by atoms with Gasteiger partial charge in [0.1, 0.15) is 0 Å². The summed E-state index contributed by atoms with van der Waals surface area (Å²) >= 11 is 0. The van der Waals surface area contributed by atoms with E-state index in [1.54, 1.807) is 0 Å². The fraction of sp³-hybridized carbons (Fsp3) is 0. The predicted molar refractivity (Wildman–Crippen MR) is 29.3 cm³/mol. The van der Waals surface area contributed by atoms with Gasteiger partial charge < -0.3 is 38.4 Å². The Morgan fingerprint density at radius 1 is 0.455 bits per heavy atom. The summed E-state index contributed by atoms with van der Waals surface area (Å²) in [5, 5.41) is 0. The van der Waals surface area contributed by atoms with Gasteiger partial charge in [0.25, 0.3) is 0 Å². The summed E-state index contributed by atoms with van der Waals surface area (Å²) in [5.74, 6) is 0. The number of hydrogen-bond acceptors (Lipinski definition) is 8. The van der Waals surface area contributed by atoms with E-state index in [0.29, 0.717) is 0 Å². The molecule has 0 atom stereocenters. The molecule has 0 amide bonds. The molecule has 0 aromatic heterocycles. The van der Waals surface area contributed by atoms with Crippen molar-refractivity contribution in [2.45, 2.75) is 0 Å². The molecule has 0 aromatic rings. The Morgan fingerprint density at radius 2 is 0.455 bits per heavy atom. The van der Waals surface area contributed by atoms with Crippen LogP contribution >= 0.6 is 0 Å². The van der Waals surface area contributed by atoms with Gasteiger partial charge in [-0.3, -0.25) is 0 Å². The maximum Gasteiger partial charge on any atom is 0.668 e. The summed E-state index contributed by atoms with van der Waals surface area (Å²) < 4.78 is 0. The van der Waals surface area contributed by atoms with Gasteiger partial charge in [-0.15, -0.1) is 0 Å². The van der Waals surface area contributed by atoms with Crippen LogP contribution in [0.2, 0.25) is 0 Å². The van der Waals surface area contributed by atoms with Crippen molar-refractivity contribution in [3.63, 3.8) is 0 Å². The van der Waals surface area contributed by atoms with Crippen molar-refractivity contribution in [3.05, 3.63) is 0 Å². The van der Waals surface area contributed by atoms with Crippen molar-refractivity contribution in [3.8, 4) is 0 Å². The molecule has 0 rings (SSSR count). The van der Waals surface area contributed by atoms with E-state index in [4.69, 9.17) is 38.4 Å². The van der Waals surface area contributed by atoms with E-state index in [1.807, 2.05) is 0 Å². The first-order valence-electron chi connectivity index (χ1n) is 1.79. The summed E-state index contributed by atoms with van der Waals surface area (Å²) in [5.41, 5.74) is 0. The minimum absolute atomic E-state index is 0. The van der Waals surface area contributed by atoms with Crippen LogP contribution in [0.15, 0.2) is 0 Å². The van der Waals surface area contributed by atoms with Crippen LogP contribution in [0, 0.1) is 36.9 Å². The van der Waals surface area contributed by atoms with E-state index in [9.17, 15) is 0 Å². The Balaban J connectivity index is -0.000000107. The maximum absolute atomic E-state index is 7.33. The molecule has 0 spiro atoms. The quantitative estimate of drug-likeness (QED) is 0.197. The van der Waals surface area contributed by atoms with E-state index in [-0.39, 0.29) is 36.9 Å². The Labute approximate surface area is 92.8 Å². The van der Waals surface area contributed by atoms with Crippen LogP contribution in [0.1, 0.15) is 0 Å². The van der Waals surface area contributed by atoms with Gasteiger partial charge in [0.15, 0.2) is 0 Å². The van der Waals surface area contributed by atoms with Crippen LogP contribution in [-0.2, 0) is 0 Å². The van der Waals surface area contributed by atoms with Crippen molar-refractivity contribution in [2.75, 3.05) is 0 Å². The molecule has 0 aliphatic heterocycles. The molecule has 0 unspecified atom stereocenters. The molecule has 0 aliphatic carbocycles. The minimum Gasteiger partial charge on any atom is -0.368 e. The van der Waals surface area contributed by atoms with Crippen molar-refractivity contribution < 1.29 is 75.2 Å². The van der Waals surface area contributed by atoms with Gasteiger partial charge in [0.05, 0.1) is 0 Å². The van der Waals surface area contributed by atoms with E-state index in [2.05, 4.69) is 0 Å². The molecule has 8 N–H and O–H groups in total. The van der Waals surface area contributed by atoms with Crippen molar-refractivity contribution >= 4 is 18.1 Å². The van der Waals surface area contributed by atoms with Crippen molar-refractivity contribution in [1.29, 1.82) is 0 Å². The summed E-state index contributed by atoms with van der Waals surface area (Å²) in [4.78, 5) is 58.6. The Kier molecular flexibility index (Phi) is 11.3. The molecule has 0 saturated carbocycles. The average molecular weight is 367 g/mol. The molecule has 0 aliphatic rings. The monoisotopic (exact) mass is 367 g/mol. The normalized spacial score (nSPS) is 10.9. The second-order valence-corrected chi connectivity index (χ2v) is 3.60. The maximum atomic E-state index is 7.33. The Bertz CT molecular complexity index is 55.1. The van der Waals surface area contributed by atoms with Crippen LogP contribution in [0.5, 0.6) is 0 Å². The third-order valence-corrected chi connectivity index (χ3v) is 0. The average Bonchev–Trinajstić information content (AvgIpc) is 1.12. The summed E-state index contributed by atoms with van der Waals surface area (Å²) in [6.45, 7) is 0. The first-order chi connectivity index (χ1) is 4.00. The van der Waals surface area contributed by atoms with E-state index < -0.39 is 18.1 Å². The SMILES string of the molecule is O[Si](O)(O)O.O[Si](O)(O)O.[Lu]. The van der Waals surface area contributed by atoms with Gasteiger partial charge >= 0.3 is 18.1 Å². The second-order valence-electron chi connectivity index (χ2n) is 1.20. The molecule has 11 heteroatoms. The molecule has 79 valence electrons. The van der Waals surface area contributed by atoms with E-state index in [0.717, 1.165) is 0 Å². The first-order valence-corrected chi connectivity index (χ1v) is 5.37. The zero-order valence-corrected chi connectivity index (χ0v) is 8.49. The third kappa shape index (κ3) is 546. The zero-order chi connectivity index (χ0) is 9.00. The molecule has 8 nitrogen and oxygen atoms in total. The standard InChI is InChI=1S/Lu.2H4O4Si/c;2*1-5(2,3)4/h;2*1-4H. The molecule has 0 saturated heterocycles. The predicted octanol–water partition coefficient (Wildman–Crippen LogP) is -5.22. The summed E-state index contributed by atoms with van der Waals surface area (Å²) in [7, 11) is -9.22. The largest absolute Gasteiger partial charge is 0.668 e. The number of hydrogen-bond donors (Lipinski definition) is 8. The molecular formula is H8LuO8Si2. The van der Waals surface area contributed by atoms with Crippen LogP contribution in [0.3, 0.4) is 0 Å². The molecule has 0 aromatic carbocycles. The third-order valence-electron chi connectivity index (χ3n) is 0. The molecular weight excluding hydrogens is 359 g/mol. The topological polar surface area (TPSA) is 162 Å². The Morgan fingerprint density at radius 3 is 0.455 bits per heavy atom. The van der Waals surface area contributed by atoms with Crippen molar-refractivity contribution in [2.24, 2.45) is 0 Å². The molecule has 11 heavy (non-hydrogen) atoms. The summed E-state index contributed by atoms with van der Waals surface area (Å²) in [6, 6.07) is 0. The van der Waals surface area contributed by atoms with Gasteiger partial charge in [-0.2, -0.15) is 0 Å². The molecule has 0 bridgehead atoms. The number of rotatable bonds is 0. The molecule has 0 fully saturated rings. The van der Waals surface area contributed by atoms with E-state index in [1.165, 1.54) is 0 Å². The molecule has 1 radical (unpaired) electrons. The van der Waals surface area contributed by atoms with Gasteiger partial charge in [0.2, 0.25) is 0 Å². The first kappa shape index (κ1) is 18.2. The fourth-order valence-corrected chi connectivity index (χ4v) is 0. The smallest absolute Gasteiger partial charge is 0.368 e. The second kappa shape index (κ2) is 6.82. The van der Waals surface area contributed by atoms with Crippen LogP contribution in [-0.4, -0.2) is 56.5 Å². The molecule has 0 heterocycles. The van der Waals surface area contributed by atoms with Crippen molar-refractivity contribution in [1.82, 2.24) is 0 Å². The van der Waals surface area contributed by atoms with Crippen LogP contribution in [0.25, 0.3) is 0 Å². The fourth-order valence-electron chi connectivity index (χ4n) is 0. The Hall–Kier alpha value is 1.35.